The van der Waals surface area contributed by atoms with E-state index >= 15 is 0 Å². The van der Waals surface area contributed by atoms with Crippen LogP contribution in [0.3, 0.4) is 0 Å². The number of fused-ring (bicyclic) bond motifs is 2. The fourth-order valence-corrected chi connectivity index (χ4v) is 3.81. The van der Waals surface area contributed by atoms with Crippen LogP contribution < -0.4 is 10.1 Å². The third kappa shape index (κ3) is 3.92. The number of hydrogen-bond acceptors (Lipinski definition) is 3. The van der Waals surface area contributed by atoms with E-state index in [-0.39, 0.29) is 43.7 Å². The molecule has 2 aliphatic heterocycles. The van der Waals surface area contributed by atoms with E-state index in [1.807, 2.05) is 0 Å². The van der Waals surface area contributed by atoms with Gasteiger partial charge in [-0.25, -0.2) is 13.8 Å². The molecule has 3 heterocycles. The summed E-state index contributed by atoms with van der Waals surface area (Å²) >= 11 is 0. The first-order chi connectivity index (χ1) is 13.7. The molecule has 1 aromatic carbocycles. The number of ether oxygens (including phenoxy) is 1. The summed E-state index contributed by atoms with van der Waals surface area (Å²) in [7, 11) is 0. The van der Waals surface area contributed by atoms with E-state index in [1.54, 1.807) is 6.07 Å². The molecular weight excluding hydrogens is 397 g/mol. The molecule has 0 fully saturated rings. The summed E-state index contributed by atoms with van der Waals surface area (Å²) < 4.78 is 72.1. The molecule has 5 nitrogen and oxygen atoms in total. The molecule has 2 aromatic rings. The van der Waals surface area contributed by atoms with Crippen molar-refractivity contribution >= 4 is 5.91 Å². The standard InChI is InChI=1S/C19H18F5N3O2/c20-17(21)12-2-1-3-15-13(12)6-11(9-29-15)25-18(28)14-8-27-7-10(19(22,23)24)4-5-16(27)26-14/h1-3,8,10-11,17H,4-7,9H2,(H,25,28). The molecule has 0 bridgehead atoms. The average molecular weight is 415 g/mol. The van der Waals surface area contributed by atoms with Gasteiger partial charge in [-0.15, -0.1) is 0 Å². The normalized spacial score (nSPS) is 21.3. The van der Waals surface area contributed by atoms with Crippen LogP contribution in [0.2, 0.25) is 0 Å². The molecule has 156 valence electrons. The number of benzene rings is 1. The first kappa shape index (κ1) is 19.7. The Morgan fingerprint density at radius 3 is 2.83 bits per heavy atom. The van der Waals surface area contributed by atoms with E-state index in [2.05, 4.69) is 10.3 Å². The van der Waals surface area contributed by atoms with Crippen LogP contribution in [0.4, 0.5) is 22.0 Å². The molecule has 2 atom stereocenters. The number of carbonyl (C=O) groups is 1. The van der Waals surface area contributed by atoms with Crippen molar-refractivity contribution in [2.45, 2.75) is 44.5 Å². The number of aryl methyl sites for hydroxylation is 1. The van der Waals surface area contributed by atoms with Crippen molar-refractivity contribution in [2.75, 3.05) is 6.61 Å². The predicted octanol–water partition coefficient (Wildman–Crippen LogP) is 3.68. The number of aromatic nitrogens is 2. The third-order valence-electron chi connectivity index (χ3n) is 5.32. The number of nitrogens with one attached hydrogen (secondary N) is 1. The Balaban J connectivity index is 1.46. The number of imidazole rings is 1. The summed E-state index contributed by atoms with van der Waals surface area (Å²) in [6.07, 6.45) is -5.40. The van der Waals surface area contributed by atoms with Gasteiger partial charge < -0.3 is 14.6 Å². The molecule has 0 saturated carbocycles. The van der Waals surface area contributed by atoms with Gasteiger partial charge in [0, 0.05) is 36.7 Å². The monoisotopic (exact) mass is 415 g/mol. The smallest absolute Gasteiger partial charge is 0.393 e. The summed E-state index contributed by atoms with van der Waals surface area (Å²) in [4.78, 5) is 16.7. The zero-order valence-electron chi connectivity index (χ0n) is 15.2. The lowest BCUT2D eigenvalue weighted by molar-refractivity contribution is -0.182. The van der Waals surface area contributed by atoms with E-state index in [9.17, 15) is 26.7 Å². The van der Waals surface area contributed by atoms with Crippen molar-refractivity contribution in [1.29, 1.82) is 0 Å². The zero-order valence-corrected chi connectivity index (χ0v) is 15.2. The molecule has 0 saturated heterocycles. The molecule has 0 spiro atoms. The van der Waals surface area contributed by atoms with Gasteiger partial charge in [0.25, 0.3) is 12.3 Å². The number of carbonyl (C=O) groups excluding carboxylic acids is 1. The Bertz CT molecular complexity index is 925. The first-order valence-corrected chi connectivity index (χ1v) is 9.18. The number of rotatable bonds is 3. The van der Waals surface area contributed by atoms with Crippen LogP contribution >= 0.6 is 0 Å². The molecule has 0 radical (unpaired) electrons. The predicted molar refractivity (Wildman–Crippen MR) is 91.9 cm³/mol. The maximum atomic E-state index is 13.2. The lowest BCUT2D eigenvalue weighted by Crippen LogP contribution is -2.43. The van der Waals surface area contributed by atoms with E-state index in [0.717, 1.165) is 0 Å². The Morgan fingerprint density at radius 2 is 2.10 bits per heavy atom. The van der Waals surface area contributed by atoms with Gasteiger partial charge in [0.15, 0.2) is 0 Å². The zero-order chi connectivity index (χ0) is 20.8. The highest BCUT2D eigenvalue weighted by atomic mass is 19.4. The molecule has 10 heteroatoms. The third-order valence-corrected chi connectivity index (χ3v) is 5.32. The van der Waals surface area contributed by atoms with Crippen LogP contribution in [0.1, 0.15) is 40.3 Å². The second-order valence-electron chi connectivity index (χ2n) is 7.28. The summed E-state index contributed by atoms with van der Waals surface area (Å²) in [6.45, 7) is -0.161. The van der Waals surface area contributed by atoms with Gasteiger partial charge in [-0.05, 0) is 12.5 Å². The van der Waals surface area contributed by atoms with Gasteiger partial charge in [0.05, 0.1) is 12.0 Å². The minimum absolute atomic E-state index is 0.00997. The number of hydrogen-bond donors (Lipinski definition) is 1. The second kappa shape index (κ2) is 7.31. The minimum atomic E-state index is -4.29. The van der Waals surface area contributed by atoms with Crippen molar-refractivity contribution in [1.82, 2.24) is 14.9 Å². The van der Waals surface area contributed by atoms with E-state index in [4.69, 9.17) is 4.74 Å². The maximum Gasteiger partial charge on any atom is 0.393 e. The highest BCUT2D eigenvalue weighted by Gasteiger charge is 2.41. The largest absolute Gasteiger partial charge is 0.491 e. The summed E-state index contributed by atoms with van der Waals surface area (Å²) in [5, 5.41) is 2.69. The Morgan fingerprint density at radius 1 is 1.31 bits per heavy atom. The Hall–Kier alpha value is -2.65. The topological polar surface area (TPSA) is 56.1 Å². The fourth-order valence-electron chi connectivity index (χ4n) is 3.81. The van der Waals surface area contributed by atoms with E-state index in [0.29, 0.717) is 17.1 Å². The quantitative estimate of drug-likeness (QED) is 0.779. The highest BCUT2D eigenvalue weighted by Crippen LogP contribution is 2.35. The molecule has 1 amide bonds. The molecule has 4 rings (SSSR count). The summed E-state index contributed by atoms with van der Waals surface area (Å²) in [5.74, 6) is -1.23. The molecule has 2 aliphatic rings. The van der Waals surface area contributed by atoms with Crippen molar-refractivity contribution < 1.29 is 31.5 Å². The first-order valence-electron chi connectivity index (χ1n) is 9.18. The van der Waals surface area contributed by atoms with Crippen LogP contribution in [-0.4, -0.2) is 34.3 Å². The molecule has 29 heavy (non-hydrogen) atoms. The van der Waals surface area contributed by atoms with Gasteiger partial charge in [-0.1, -0.05) is 12.1 Å². The van der Waals surface area contributed by atoms with Crippen LogP contribution in [0.5, 0.6) is 5.75 Å². The molecule has 0 aliphatic carbocycles. The van der Waals surface area contributed by atoms with Crippen molar-refractivity contribution in [3.05, 3.63) is 47.0 Å². The van der Waals surface area contributed by atoms with Crippen molar-refractivity contribution in [3.63, 3.8) is 0 Å². The summed E-state index contributed by atoms with van der Waals surface area (Å²) in [6, 6.07) is 3.86. The van der Waals surface area contributed by atoms with Gasteiger partial charge >= 0.3 is 6.18 Å². The fraction of sp³-hybridized carbons (Fsp3) is 0.474. The lowest BCUT2D eigenvalue weighted by atomic mass is 9.97. The van der Waals surface area contributed by atoms with Gasteiger partial charge in [0.2, 0.25) is 0 Å². The van der Waals surface area contributed by atoms with Gasteiger partial charge in [-0.3, -0.25) is 4.79 Å². The molecule has 2 unspecified atom stereocenters. The molecule has 1 aromatic heterocycles. The second-order valence-corrected chi connectivity index (χ2v) is 7.28. The van der Waals surface area contributed by atoms with Gasteiger partial charge in [0.1, 0.15) is 23.9 Å². The van der Waals surface area contributed by atoms with Crippen molar-refractivity contribution in [3.8, 4) is 5.75 Å². The highest BCUT2D eigenvalue weighted by molar-refractivity contribution is 5.92. The number of nitrogens with zero attached hydrogens (tertiary/aromatic N) is 2. The molecule has 1 N–H and O–H groups in total. The van der Waals surface area contributed by atoms with Crippen LogP contribution in [0.25, 0.3) is 0 Å². The number of amides is 1. The van der Waals surface area contributed by atoms with Crippen LogP contribution in [-0.2, 0) is 19.4 Å². The number of halogens is 5. The lowest BCUT2D eigenvalue weighted by Gasteiger charge is -2.27. The number of alkyl halides is 5. The Kier molecular flexibility index (Phi) is 4.95. The van der Waals surface area contributed by atoms with Gasteiger partial charge in [-0.2, -0.15) is 13.2 Å². The SMILES string of the molecule is O=C(NC1COc2cccc(C(F)F)c2C1)c1cn2c(n1)CCC(C(F)(F)F)C2. The summed E-state index contributed by atoms with van der Waals surface area (Å²) in [5.41, 5.74) is 0.212. The van der Waals surface area contributed by atoms with E-state index < -0.39 is 30.5 Å². The molecular formula is C19H18F5N3O2. The van der Waals surface area contributed by atoms with Crippen LogP contribution in [0.15, 0.2) is 24.4 Å². The minimum Gasteiger partial charge on any atom is -0.491 e. The van der Waals surface area contributed by atoms with Crippen LogP contribution in [0, 0.1) is 5.92 Å². The van der Waals surface area contributed by atoms with E-state index in [1.165, 1.54) is 22.9 Å². The average Bonchev–Trinajstić information content (AvgIpc) is 3.10. The maximum absolute atomic E-state index is 13.2. The van der Waals surface area contributed by atoms with Crippen molar-refractivity contribution in [2.24, 2.45) is 5.92 Å². The Labute approximate surface area is 162 Å².